The molecular weight excluding hydrogens is 312 g/mol. The van der Waals surface area contributed by atoms with Gasteiger partial charge in [-0.2, -0.15) is 0 Å². The molecule has 0 aromatic heterocycles. The quantitative estimate of drug-likeness (QED) is 0.495. The van der Waals surface area contributed by atoms with E-state index >= 15 is 0 Å². The molecule has 0 aliphatic carbocycles. The van der Waals surface area contributed by atoms with E-state index in [1.165, 1.54) is 11.1 Å². The lowest BCUT2D eigenvalue weighted by molar-refractivity contribution is -0.151. The molecule has 0 radical (unpaired) electrons. The van der Waals surface area contributed by atoms with Gasteiger partial charge >= 0.3 is 5.97 Å². The first-order valence-corrected chi connectivity index (χ1v) is 8.94. The predicted octanol–water partition coefficient (Wildman–Crippen LogP) is 4.58. The molecule has 0 fully saturated rings. The Labute approximate surface area is 151 Å². The van der Waals surface area contributed by atoms with Crippen LogP contribution in [0, 0.1) is 5.92 Å². The first-order valence-electron chi connectivity index (χ1n) is 8.94. The Bertz CT molecular complexity index is 632. The van der Waals surface area contributed by atoms with E-state index in [-0.39, 0.29) is 18.0 Å². The topological polar surface area (TPSA) is 35.5 Å². The summed E-state index contributed by atoms with van der Waals surface area (Å²) >= 11 is 0. The molecule has 0 heterocycles. The minimum absolute atomic E-state index is 0.0618. The highest BCUT2D eigenvalue weighted by atomic mass is 16.5. The van der Waals surface area contributed by atoms with Crippen LogP contribution in [0.25, 0.3) is 0 Å². The fourth-order valence-corrected chi connectivity index (χ4v) is 2.58. The molecule has 2 aromatic carbocycles. The van der Waals surface area contributed by atoms with Gasteiger partial charge in [0.2, 0.25) is 0 Å². The summed E-state index contributed by atoms with van der Waals surface area (Å²) < 4.78 is 11.0. The zero-order valence-electron chi connectivity index (χ0n) is 15.4. The van der Waals surface area contributed by atoms with Crippen molar-refractivity contribution >= 4 is 5.97 Å². The van der Waals surface area contributed by atoms with Gasteiger partial charge in [-0.15, -0.1) is 0 Å². The van der Waals surface area contributed by atoms with Crippen molar-refractivity contribution in [3.63, 3.8) is 0 Å². The molecule has 0 saturated heterocycles. The molecule has 3 nitrogen and oxygen atoms in total. The Hall–Kier alpha value is -2.13. The van der Waals surface area contributed by atoms with Crippen LogP contribution < -0.4 is 0 Å². The molecule has 25 heavy (non-hydrogen) atoms. The number of carbonyl (C=O) groups excluding carboxylic acids is 1. The number of ether oxygens (including phenoxy) is 2. The first kappa shape index (κ1) is 19.2. The summed E-state index contributed by atoms with van der Waals surface area (Å²) in [5.41, 5.74) is 3.59. The average Bonchev–Trinajstić information content (AvgIpc) is 2.60. The lowest BCUT2D eigenvalue weighted by atomic mass is 9.99. The van der Waals surface area contributed by atoms with Crippen molar-refractivity contribution in [3.05, 3.63) is 71.3 Å². The molecule has 2 aromatic rings. The highest BCUT2D eigenvalue weighted by Crippen LogP contribution is 2.13. The zero-order valence-corrected chi connectivity index (χ0v) is 15.4. The summed E-state index contributed by atoms with van der Waals surface area (Å²) in [7, 11) is 0. The van der Waals surface area contributed by atoms with Gasteiger partial charge in [-0.25, -0.2) is 0 Å². The van der Waals surface area contributed by atoms with Crippen LogP contribution in [0.1, 0.15) is 37.5 Å². The van der Waals surface area contributed by atoms with Gasteiger partial charge in [0.25, 0.3) is 0 Å². The summed E-state index contributed by atoms with van der Waals surface area (Å²) in [6.45, 7) is 7.01. The standard InChI is InChI=1S/C22H28O3/c1-17(2)25-22(23)18(3)15-20-11-9-19(10-12-20)13-14-24-16-21-7-5-4-6-8-21/h4-12,17-18H,13-16H2,1-3H3. The van der Waals surface area contributed by atoms with Crippen LogP contribution >= 0.6 is 0 Å². The minimum atomic E-state index is -0.131. The Morgan fingerprint density at radius 3 is 2.16 bits per heavy atom. The van der Waals surface area contributed by atoms with Crippen molar-refractivity contribution in [2.24, 2.45) is 5.92 Å². The third-order valence-electron chi connectivity index (χ3n) is 3.97. The van der Waals surface area contributed by atoms with E-state index < -0.39 is 0 Å². The highest BCUT2D eigenvalue weighted by molar-refractivity contribution is 5.72. The van der Waals surface area contributed by atoms with Gasteiger partial charge in [0.15, 0.2) is 0 Å². The van der Waals surface area contributed by atoms with E-state index in [2.05, 4.69) is 36.4 Å². The molecule has 1 atom stereocenters. The van der Waals surface area contributed by atoms with Gasteiger partial charge in [-0.1, -0.05) is 61.5 Å². The molecule has 0 N–H and O–H groups in total. The third kappa shape index (κ3) is 7.10. The normalized spacial score (nSPS) is 12.2. The molecule has 0 aliphatic heterocycles. The van der Waals surface area contributed by atoms with Crippen LogP contribution in [0.4, 0.5) is 0 Å². The van der Waals surface area contributed by atoms with E-state index in [9.17, 15) is 4.79 Å². The van der Waals surface area contributed by atoms with Gasteiger partial charge in [0, 0.05) is 0 Å². The number of hydrogen-bond donors (Lipinski definition) is 0. The molecular formula is C22H28O3. The summed E-state index contributed by atoms with van der Waals surface area (Å²) in [5, 5.41) is 0. The number of esters is 1. The fourth-order valence-electron chi connectivity index (χ4n) is 2.58. The van der Waals surface area contributed by atoms with Crippen molar-refractivity contribution < 1.29 is 14.3 Å². The maximum absolute atomic E-state index is 11.9. The van der Waals surface area contributed by atoms with Crippen molar-refractivity contribution in [3.8, 4) is 0 Å². The number of benzene rings is 2. The zero-order chi connectivity index (χ0) is 18.1. The highest BCUT2D eigenvalue weighted by Gasteiger charge is 2.16. The second kappa shape index (κ2) is 10.00. The summed E-state index contributed by atoms with van der Waals surface area (Å²) in [5.74, 6) is -0.254. The number of carbonyl (C=O) groups is 1. The molecule has 0 saturated carbocycles. The molecule has 3 heteroatoms. The molecule has 0 bridgehead atoms. The maximum atomic E-state index is 11.9. The molecule has 134 valence electrons. The van der Waals surface area contributed by atoms with Crippen molar-refractivity contribution in [2.45, 2.75) is 46.3 Å². The van der Waals surface area contributed by atoms with Gasteiger partial charge < -0.3 is 9.47 Å². The van der Waals surface area contributed by atoms with E-state index in [1.807, 2.05) is 39.0 Å². The summed E-state index contributed by atoms with van der Waals surface area (Å²) in [6.07, 6.45) is 1.53. The predicted molar refractivity (Wildman–Crippen MR) is 100 cm³/mol. The van der Waals surface area contributed by atoms with Crippen molar-refractivity contribution in [2.75, 3.05) is 6.61 Å². The van der Waals surface area contributed by atoms with E-state index in [4.69, 9.17) is 9.47 Å². The Morgan fingerprint density at radius 2 is 1.52 bits per heavy atom. The lowest BCUT2D eigenvalue weighted by Crippen LogP contribution is -2.20. The van der Waals surface area contributed by atoms with Gasteiger partial charge in [0.1, 0.15) is 0 Å². The SMILES string of the molecule is CC(C)OC(=O)C(C)Cc1ccc(CCOCc2ccccc2)cc1. The Kier molecular flexibility index (Phi) is 7.68. The van der Waals surface area contributed by atoms with Crippen LogP contribution in [-0.2, 0) is 33.7 Å². The van der Waals surface area contributed by atoms with Gasteiger partial charge in [0.05, 0.1) is 25.2 Å². The summed E-state index contributed by atoms with van der Waals surface area (Å²) in [4.78, 5) is 11.9. The van der Waals surface area contributed by atoms with Crippen LogP contribution in [0.3, 0.4) is 0 Å². The van der Waals surface area contributed by atoms with Crippen LogP contribution in [0.15, 0.2) is 54.6 Å². The maximum Gasteiger partial charge on any atom is 0.309 e. The molecule has 0 spiro atoms. The fraction of sp³-hybridized carbons (Fsp3) is 0.409. The summed E-state index contributed by atoms with van der Waals surface area (Å²) in [6, 6.07) is 18.6. The van der Waals surface area contributed by atoms with Crippen LogP contribution in [-0.4, -0.2) is 18.7 Å². The second-order valence-electron chi connectivity index (χ2n) is 6.70. The Balaban J connectivity index is 1.73. The second-order valence-corrected chi connectivity index (χ2v) is 6.70. The Morgan fingerprint density at radius 1 is 0.880 bits per heavy atom. The van der Waals surface area contributed by atoms with Crippen LogP contribution in [0.2, 0.25) is 0 Å². The van der Waals surface area contributed by atoms with Gasteiger partial charge in [-0.05, 0) is 43.4 Å². The third-order valence-corrected chi connectivity index (χ3v) is 3.97. The monoisotopic (exact) mass is 340 g/mol. The average molecular weight is 340 g/mol. The number of hydrogen-bond acceptors (Lipinski definition) is 3. The smallest absolute Gasteiger partial charge is 0.309 e. The van der Waals surface area contributed by atoms with E-state index in [0.717, 1.165) is 12.0 Å². The molecule has 0 aliphatic rings. The van der Waals surface area contributed by atoms with Gasteiger partial charge in [-0.3, -0.25) is 4.79 Å². The van der Waals surface area contributed by atoms with E-state index in [0.29, 0.717) is 19.6 Å². The molecule has 1 unspecified atom stereocenters. The largest absolute Gasteiger partial charge is 0.463 e. The minimum Gasteiger partial charge on any atom is -0.463 e. The van der Waals surface area contributed by atoms with Crippen LogP contribution in [0.5, 0.6) is 0 Å². The molecule has 0 amide bonds. The first-order chi connectivity index (χ1) is 12.0. The van der Waals surface area contributed by atoms with Crippen molar-refractivity contribution in [1.82, 2.24) is 0 Å². The number of rotatable bonds is 9. The lowest BCUT2D eigenvalue weighted by Gasteiger charge is -2.14. The van der Waals surface area contributed by atoms with E-state index in [1.54, 1.807) is 0 Å². The van der Waals surface area contributed by atoms with Crippen molar-refractivity contribution in [1.29, 1.82) is 0 Å². The molecule has 2 rings (SSSR count).